The Morgan fingerprint density at radius 3 is 2.76 bits per heavy atom. The van der Waals surface area contributed by atoms with E-state index >= 15 is 0 Å². The van der Waals surface area contributed by atoms with Crippen LogP contribution in [0.1, 0.15) is 0 Å². The minimum absolute atomic E-state index is 0.112. The zero-order valence-electron chi connectivity index (χ0n) is 11.6. The molecule has 0 bridgehead atoms. The summed E-state index contributed by atoms with van der Waals surface area (Å²) in [7, 11) is 2.98. The molecule has 0 spiro atoms. The molecule has 0 atom stereocenters. The van der Waals surface area contributed by atoms with Crippen molar-refractivity contribution in [1.82, 2.24) is 14.5 Å². The fraction of sp³-hybridized carbons (Fsp3) is 0.308. The number of aliphatic hydroxyl groups is 1. The Kier molecular flexibility index (Phi) is 4.71. The van der Waals surface area contributed by atoms with Gasteiger partial charge in [-0.2, -0.15) is 4.98 Å². The van der Waals surface area contributed by atoms with Crippen LogP contribution in [0.15, 0.2) is 23.0 Å². The van der Waals surface area contributed by atoms with Crippen molar-refractivity contribution in [3.8, 4) is 23.0 Å². The Labute approximate surface area is 125 Å². The van der Waals surface area contributed by atoms with Gasteiger partial charge in [0, 0.05) is 18.7 Å². The van der Waals surface area contributed by atoms with Crippen LogP contribution < -0.4 is 15.0 Å². The molecule has 0 fully saturated rings. The van der Waals surface area contributed by atoms with Gasteiger partial charge in [0.15, 0.2) is 4.77 Å². The zero-order valence-corrected chi connectivity index (χ0v) is 12.4. The van der Waals surface area contributed by atoms with Gasteiger partial charge in [-0.25, -0.2) is 0 Å². The van der Waals surface area contributed by atoms with Crippen LogP contribution in [0.4, 0.5) is 0 Å². The minimum atomic E-state index is -0.331. The molecule has 0 unspecified atom stereocenters. The lowest BCUT2D eigenvalue weighted by atomic mass is 10.2. The highest BCUT2D eigenvalue weighted by Crippen LogP contribution is 2.29. The second-order valence-corrected chi connectivity index (χ2v) is 4.50. The maximum atomic E-state index is 11.7. The molecule has 0 saturated heterocycles. The molecule has 112 valence electrons. The number of pyridine rings is 1. The molecule has 0 saturated carbocycles. The first-order valence-electron chi connectivity index (χ1n) is 6.15. The molecule has 2 heterocycles. The van der Waals surface area contributed by atoms with Crippen molar-refractivity contribution in [3.63, 3.8) is 0 Å². The monoisotopic (exact) mass is 309 g/mol. The van der Waals surface area contributed by atoms with E-state index in [2.05, 4.69) is 9.97 Å². The number of rotatable bonds is 5. The van der Waals surface area contributed by atoms with Crippen molar-refractivity contribution >= 4 is 12.2 Å². The van der Waals surface area contributed by atoms with Gasteiger partial charge in [-0.1, -0.05) is 0 Å². The molecule has 2 aromatic rings. The van der Waals surface area contributed by atoms with Gasteiger partial charge in [-0.05, 0) is 18.3 Å². The fourth-order valence-corrected chi connectivity index (χ4v) is 2.24. The van der Waals surface area contributed by atoms with E-state index in [1.807, 2.05) is 0 Å². The number of H-pyrrole nitrogens is 1. The maximum Gasteiger partial charge on any atom is 0.252 e. The Morgan fingerprint density at radius 2 is 2.14 bits per heavy atom. The first kappa shape index (κ1) is 15.2. The number of hydrogen-bond acceptors (Lipinski definition) is 6. The highest BCUT2D eigenvalue weighted by Gasteiger charge is 2.14. The summed E-state index contributed by atoms with van der Waals surface area (Å²) < 4.78 is 12.1. The normalized spacial score (nSPS) is 10.4. The standard InChI is InChI=1S/C13H15N3O4S/c1-19-11-4-3-8(12(15-11)20-2)9-7-10(18)14-13(21)16(9)5-6-17/h3-4,7,17H,5-6H2,1-2H3,(H,14,18,21). The third kappa shape index (κ3) is 3.11. The summed E-state index contributed by atoms with van der Waals surface area (Å²) in [5.74, 6) is 0.703. The van der Waals surface area contributed by atoms with Gasteiger partial charge >= 0.3 is 0 Å². The van der Waals surface area contributed by atoms with Gasteiger partial charge in [0.1, 0.15) is 0 Å². The predicted molar refractivity (Wildman–Crippen MR) is 79.3 cm³/mol. The maximum absolute atomic E-state index is 11.7. The van der Waals surface area contributed by atoms with Gasteiger partial charge in [-0.3, -0.25) is 9.78 Å². The summed E-state index contributed by atoms with van der Waals surface area (Å²) in [6.45, 7) is 0.138. The second kappa shape index (κ2) is 6.51. The summed E-state index contributed by atoms with van der Waals surface area (Å²) in [4.78, 5) is 18.4. The van der Waals surface area contributed by atoms with Crippen molar-refractivity contribution in [1.29, 1.82) is 0 Å². The van der Waals surface area contributed by atoms with Crippen LogP contribution in [0.5, 0.6) is 11.8 Å². The summed E-state index contributed by atoms with van der Waals surface area (Å²) in [5.41, 5.74) is 0.774. The topological polar surface area (TPSA) is 89.4 Å². The molecule has 0 aromatic carbocycles. The van der Waals surface area contributed by atoms with Crippen molar-refractivity contribution in [2.24, 2.45) is 0 Å². The molecule has 2 N–H and O–H groups in total. The average Bonchev–Trinajstić information content (AvgIpc) is 2.49. The van der Waals surface area contributed by atoms with Gasteiger partial charge in [0.05, 0.1) is 32.1 Å². The molecule has 2 aromatic heterocycles. The average molecular weight is 309 g/mol. The smallest absolute Gasteiger partial charge is 0.252 e. The Morgan fingerprint density at radius 1 is 1.38 bits per heavy atom. The molecule has 0 radical (unpaired) electrons. The number of nitrogens with one attached hydrogen (secondary N) is 1. The molecule has 7 nitrogen and oxygen atoms in total. The molecule has 0 aliphatic heterocycles. The van der Waals surface area contributed by atoms with Gasteiger partial charge in [0.25, 0.3) is 5.56 Å². The summed E-state index contributed by atoms with van der Waals surface area (Å²) in [6, 6.07) is 4.77. The number of aromatic nitrogens is 3. The molecule has 2 rings (SSSR count). The minimum Gasteiger partial charge on any atom is -0.481 e. The first-order valence-corrected chi connectivity index (χ1v) is 6.56. The van der Waals surface area contributed by atoms with Crippen LogP contribution in [0.3, 0.4) is 0 Å². The van der Waals surface area contributed by atoms with E-state index in [0.717, 1.165) is 0 Å². The second-order valence-electron chi connectivity index (χ2n) is 4.11. The van der Waals surface area contributed by atoms with Crippen LogP contribution in [0.25, 0.3) is 11.3 Å². The van der Waals surface area contributed by atoms with Crippen LogP contribution in [0, 0.1) is 4.77 Å². The lowest BCUT2D eigenvalue weighted by Crippen LogP contribution is -2.16. The predicted octanol–water partition coefficient (Wildman–Crippen LogP) is 0.977. The van der Waals surface area contributed by atoms with Crippen molar-refractivity contribution in [2.75, 3.05) is 20.8 Å². The quantitative estimate of drug-likeness (QED) is 0.800. The third-order valence-corrected chi connectivity index (χ3v) is 3.19. The summed E-state index contributed by atoms with van der Waals surface area (Å²) in [6.07, 6.45) is 0. The molecule has 0 aliphatic rings. The summed E-state index contributed by atoms with van der Waals surface area (Å²) >= 11 is 5.13. The number of hydrogen-bond donors (Lipinski definition) is 2. The van der Waals surface area contributed by atoms with E-state index in [-0.39, 0.29) is 23.5 Å². The zero-order chi connectivity index (χ0) is 15.4. The Balaban J connectivity index is 2.71. The van der Waals surface area contributed by atoms with Crippen LogP contribution in [-0.2, 0) is 6.54 Å². The van der Waals surface area contributed by atoms with Gasteiger partial charge in [0.2, 0.25) is 11.8 Å². The third-order valence-electron chi connectivity index (χ3n) is 2.87. The molecular weight excluding hydrogens is 294 g/mol. The van der Waals surface area contributed by atoms with E-state index in [1.54, 1.807) is 16.7 Å². The lowest BCUT2D eigenvalue weighted by Gasteiger charge is -2.14. The largest absolute Gasteiger partial charge is 0.481 e. The van der Waals surface area contributed by atoms with Crippen molar-refractivity contribution < 1.29 is 14.6 Å². The summed E-state index contributed by atoms with van der Waals surface area (Å²) in [5, 5.41) is 9.17. The van der Waals surface area contributed by atoms with Crippen LogP contribution in [-0.4, -0.2) is 40.5 Å². The van der Waals surface area contributed by atoms with E-state index < -0.39 is 0 Å². The molecule has 8 heteroatoms. The van der Waals surface area contributed by atoms with Crippen LogP contribution >= 0.6 is 12.2 Å². The van der Waals surface area contributed by atoms with E-state index in [9.17, 15) is 4.79 Å². The van der Waals surface area contributed by atoms with Crippen LogP contribution in [0.2, 0.25) is 0 Å². The number of nitrogens with zero attached hydrogens (tertiary/aromatic N) is 2. The Bertz CT molecular complexity index is 754. The lowest BCUT2D eigenvalue weighted by molar-refractivity contribution is 0.275. The van der Waals surface area contributed by atoms with E-state index in [1.165, 1.54) is 20.3 Å². The molecule has 21 heavy (non-hydrogen) atoms. The van der Waals surface area contributed by atoms with Gasteiger partial charge in [-0.15, -0.1) is 0 Å². The van der Waals surface area contributed by atoms with Crippen molar-refractivity contribution in [2.45, 2.75) is 6.54 Å². The van der Waals surface area contributed by atoms with E-state index in [0.29, 0.717) is 23.0 Å². The Hall–Kier alpha value is -2.19. The number of ether oxygens (including phenoxy) is 2. The number of aliphatic hydroxyl groups excluding tert-OH is 1. The van der Waals surface area contributed by atoms with Gasteiger partial charge < -0.3 is 19.1 Å². The van der Waals surface area contributed by atoms with E-state index in [4.69, 9.17) is 26.8 Å². The number of aromatic amines is 1. The molecule has 0 amide bonds. The first-order chi connectivity index (χ1) is 10.1. The number of methoxy groups -OCH3 is 2. The molecular formula is C13H15N3O4S. The fourth-order valence-electron chi connectivity index (χ4n) is 1.95. The SMILES string of the molecule is COc1ccc(-c2cc(=O)[nH]c(=S)n2CCO)c(OC)n1. The highest BCUT2D eigenvalue weighted by atomic mass is 32.1. The highest BCUT2D eigenvalue weighted by molar-refractivity contribution is 7.71. The van der Waals surface area contributed by atoms with Crippen molar-refractivity contribution in [3.05, 3.63) is 33.3 Å². The molecule has 0 aliphatic carbocycles.